The van der Waals surface area contributed by atoms with Crippen molar-refractivity contribution in [1.82, 2.24) is 4.57 Å². The minimum absolute atomic E-state index is 0.177. The zero-order valence-electron chi connectivity index (χ0n) is 16.4. The van der Waals surface area contributed by atoms with Crippen LogP contribution in [0.1, 0.15) is 5.56 Å². The van der Waals surface area contributed by atoms with E-state index in [0.29, 0.717) is 9.82 Å². The predicted molar refractivity (Wildman–Crippen MR) is 123 cm³/mol. The molecule has 152 valence electrons. The number of hydrogen-bond acceptors (Lipinski definition) is 3. The summed E-state index contributed by atoms with van der Waals surface area (Å²) >= 11 is 7.41. The Labute approximate surface area is 184 Å². The number of halogens is 1. The first-order chi connectivity index (χ1) is 14.3. The van der Waals surface area contributed by atoms with E-state index in [-0.39, 0.29) is 4.90 Å². The molecule has 0 spiro atoms. The van der Waals surface area contributed by atoms with Crippen molar-refractivity contribution in [2.45, 2.75) is 11.8 Å². The Hall–Kier alpha value is -2.67. The molecule has 0 bridgehead atoms. The largest absolute Gasteiger partial charge is 0.318 e. The van der Waals surface area contributed by atoms with E-state index in [4.69, 9.17) is 11.6 Å². The molecule has 0 aliphatic rings. The van der Waals surface area contributed by atoms with Crippen molar-refractivity contribution in [3.63, 3.8) is 0 Å². The molecule has 0 fully saturated rings. The van der Waals surface area contributed by atoms with Crippen LogP contribution >= 0.6 is 22.9 Å². The van der Waals surface area contributed by atoms with Crippen LogP contribution in [0.5, 0.6) is 0 Å². The maximum atomic E-state index is 12.9. The highest BCUT2D eigenvalue weighted by atomic mass is 35.5. The van der Waals surface area contributed by atoms with Crippen LogP contribution in [0.4, 0.5) is 0 Å². The SMILES string of the molecule is Cc1ccc(S(=O)(=O)N=c2sc(-c3ccccc3)c(-c3ccc(Cl)cc3)n2C)cc1. The summed E-state index contributed by atoms with van der Waals surface area (Å²) in [6, 6.07) is 24.1. The first kappa shape index (κ1) is 20.6. The molecule has 4 rings (SSSR count). The Balaban J connectivity index is 1.95. The van der Waals surface area contributed by atoms with E-state index < -0.39 is 10.0 Å². The van der Waals surface area contributed by atoms with Gasteiger partial charge in [0.05, 0.1) is 15.5 Å². The third kappa shape index (κ3) is 4.12. The molecule has 0 unspecified atom stereocenters. The number of sulfonamides is 1. The lowest BCUT2D eigenvalue weighted by atomic mass is 10.1. The highest BCUT2D eigenvalue weighted by Gasteiger charge is 2.18. The number of nitrogens with zero attached hydrogens (tertiary/aromatic N) is 2. The summed E-state index contributed by atoms with van der Waals surface area (Å²) in [5.41, 5.74) is 3.82. The van der Waals surface area contributed by atoms with Gasteiger partial charge in [0, 0.05) is 12.1 Å². The number of rotatable bonds is 4. The van der Waals surface area contributed by atoms with E-state index in [1.165, 1.54) is 11.3 Å². The van der Waals surface area contributed by atoms with Gasteiger partial charge in [0.15, 0.2) is 0 Å². The van der Waals surface area contributed by atoms with Crippen LogP contribution in [0.25, 0.3) is 21.7 Å². The fraction of sp³-hybridized carbons (Fsp3) is 0.0870. The molecule has 0 saturated carbocycles. The van der Waals surface area contributed by atoms with E-state index in [1.807, 2.05) is 73.1 Å². The highest BCUT2D eigenvalue weighted by Crippen LogP contribution is 2.34. The molecule has 30 heavy (non-hydrogen) atoms. The predicted octanol–water partition coefficient (Wildman–Crippen LogP) is 5.67. The maximum Gasteiger partial charge on any atom is 0.285 e. The summed E-state index contributed by atoms with van der Waals surface area (Å²) < 4.78 is 31.8. The second kappa shape index (κ2) is 8.22. The summed E-state index contributed by atoms with van der Waals surface area (Å²) in [7, 11) is -2.00. The molecule has 0 aliphatic heterocycles. The van der Waals surface area contributed by atoms with Crippen molar-refractivity contribution >= 4 is 33.0 Å². The second-order valence-corrected chi connectivity index (χ2v) is 9.89. The van der Waals surface area contributed by atoms with Gasteiger partial charge < -0.3 is 4.57 Å². The lowest BCUT2D eigenvalue weighted by molar-refractivity contribution is 0.596. The maximum absolute atomic E-state index is 12.9. The molecule has 3 aromatic carbocycles. The topological polar surface area (TPSA) is 51.4 Å². The normalized spacial score (nSPS) is 12.3. The van der Waals surface area contributed by atoms with Gasteiger partial charge in [0.25, 0.3) is 10.0 Å². The number of thiazole rings is 1. The molecule has 4 aromatic rings. The molecule has 0 amide bonds. The van der Waals surface area contributed by atoms with E-state index in [0.717, 1.165) is 27.3 Å². The van der Waals surface area contributed by atoms with Crippen molar-refractivity contribution < 1.29 is 8.42 Å². The first-order valence-corrected chi connectivity index (χ1v) is 11.9. The number of hydrogen-bond donors (Lipinski definition) is 0. The fourth-order valence-corrected chi connectivity index (χ4v) is 5.62. The van der Waals surface area contributed by atoms with Crippen molar-refractivity contribution in [1.29, 1.82) is 0 Å². The van der Waals surface area contributed by atoms with Crippen LogP contribution < -0.4 is 4.80 Å². The van der Waals surface area contributed by atoms with E-state index in [9.17, 15) is 8.42 Å². The lowest BCUT2D eigenvalue weighted by Gasteiger charge is -2.07. The van der Waals surface area contributed by atoms with Crippen molar-refractivity contribution in [3.8, 4) is 21.7 Å². The molecule has 0 N–H and O–H groups in total. The lowest BCUT2D eigenvalue weighted by Crippen LogP contribution is -2.14. The van der Waals surface area contributed by atoms with Gasteiger partial charge in [0.1, 0.15) is 0 Å². The smallest absolute Gasteiger partial charge is 0.285 e. The third-order valence-corrected chi connectivity index (χ3v) is 7.53. The Bertz CT molecular complexity index is 1350. The van der Waals surface area contributed by atoms with Gasteiger partial charge in [-0.25, -0.2) is 0 Å². The minimum Gasteiger partial charge on any atom is -0.318 e. The van der Waals surface area contributed by atoms with Crippen molar-refractivity contribution in [2.24, 2.45) is 11.4 Å². The summed E-state index contributed by atoms with van der Waals surface area (Å²) in [6.45, 7) is 1.91. The van der Waals surface area contributed by atoms with Gasteiger partial charge in [-0.2, -0.15) is 8.42 Å². The minimum atomic E-state index is -3.83. The number of aryl methyl sites for hydroxylation is 1. The number of aromatic nitrogens is 1. The monoisotopic (exact) mass is 454 g/mol. The van der Waals surface area contributed by atoms with E-state index in [1.54, 1.807) is 24.3 Å². The Morgan fingerprint density at radius 2 is 1.50 bits per heavy atom. The molecule has 0 aliphatic carbocycles. The van der Waals surface area contributed by atoms with Gasteiger partial charge in [0.2, 0.25) is 4.80 Å². The molecular weight excluding hydrogens is 436 g/mol. The molecule has 7 heteroatoms. The van der Waals surface area contributed by atoms with Crippen molar-refractivity contribution in [3.05, 3.63) is 94.3 Å². The van der Waals surface area contributed by atoms with Crippen LogP contribution in [-0.4, -0.2) is 13.0 Å². The summed E-state index contributed by atoms with van der Waals surface area (Å²) in [5, 5.41) is 0.643. The molecular formula is C23H19ClN2O2S2. The summed E-state index contributed by atoms with van der Waals surface area (Å²) in [6.07, 6.45) is 0. The Kier molecular flexibility index (Phi) is 5.64. The number of benzene rings is 3. The Morgan fingerprint density at radius 1 is 0.867 bits per heavy atom. The first-order valence-electron chi connectivity index (χ1n) is 9.24. The zero-order valence-corrected chi connectivity index (χ0v) is 18.8. The fourth-order valence-electron chi connectivity index (χ4n) is 3.12. The quantitative estimate of drug-likeness (QED) is 0.398. The van der Waals surface area contributed by atoms with Crippen molar-refractivity contribution in [2.75, 3.05) is 0 Å². The van der Waals surface area contributed by atoms with Crippen LogP contribution in [0.2, 0.25) is 5.02 Å². The third-order valence-electron chi connectivity index (χ3n) is 4.70. The molecule has 1 aromatic heterocycles. The summed E-state index contributed by atoms with van der Waals surface area (Å²) in [4.78, 5) is 1.52. The van der Waals surface area contributed by atoms with Crippen LogP contribution in [0.3, 0.4) is 0 Å². The molecule has 0 radical (unpaired) electrons. The Morgan fingerprint density at radius 3 is 2.13 bits per heavy atom. The van der Waals surface area contributed by atoms with Crippen LogP contribution in [0, 0.1) is 6.92 Å². The zero-order chi connectivity index (χ0) is 21.3. The van der Waals surface area contributed by atoms with Crippen LogP contribution in [0.15, 0.2) is 88.2 Å². The average molecular weight is 455 g/mol. The molecule has 1 heterocycles. The molecule has 0 atom stereocenters. The average Bonchev–Trinajstić information content (AvgIpc) is 3.05. The van der Waals surface area contributed by atoms with E-state index in [2.05, 4.69) is 4.40 Å². The van der Waals surface area contributed by atoms with Gasteiger partial charge in [-0.05, 0) is 42.3 Å². The molecule has 0 saturated heterocycles. The molecule has 4 nitrogen and oxygen atoms in total. The van der Waals surface area contributed by atoms with Gasteiger partial charge in [-0.1, -0.05) is 83.1 Å². The summed E-state index contributed by atoms with van der Waals surface area (Å²) in [5.74, 6) is 0. The standard InChI is InChI=1S/C23H19ClN2O2S2/c1-16-8-14-20(15-9-16)30(27,28)25-23-26(2)21(17-10-12-19(24)13-11-17)22(29-23)18-6-4-3-5-7-18/h3-15H,1-2H3. The highest BCUT2D eigenvalue weighted by molar-refractivity contribution is 7.90. The van der Waals surface area contributed by atoms with Gasteiger partial charge in [-0.3, -0.25) is 0 Å². The second-order valence-electron chi connectivity index (χ2n) is 6.87. The van der Waals surface area contributed by atoms with Crippen LogP contribution in [-0.2, 0) is 17.1 Å². The van der Waals surface area contributed by atoms with E-state index >= 15 is 0 Å². The van der Waals surface area contributed by atoms with Gasteiger partial charge >= 0.3 is 0 Å². The van der Waals surface area contributed by atoms with Gasteiger partial charge in [-0.15, -0.1) is 4.40 Å².